The molecule has 228 valence electrons. The number of carboxylic acids is 1. The Balaban J connectivity index is 1.63. The van der Waals surface area contributed by atoms with Crippen LogP contribution in [0.5, 0.6) is 5.75 Å². The van der Waals surface area contributed by atoms with Crippen molar-refractivity contribution in [3.8, 4) is 16.9 Å². The summed E-state index contributed by atoms with van der Waals surface area (Å²) in [6, 6.07) is 27.1. The van der Waals surface area contributed by atoms with E-state index in [0.717, 1.165) is 23.3 Å². The van der Waals surface area contributed by atoms with Crippen LogP contribution in [-0.4, -0.2) is 45.8 Å². The van der Waals surface area contributed by atoms with Crippen LogP contribution in [0.2, 0.25) is 0 Å². The molecular weight excluding hydrogens is 595 g/mol. The van der Waals surface area contributed by atoms with Gasteiger partial charge in [-0.1, -0.05) is 54.6 Å². The van der Waals surface area contributed by atoms with Crippen LogP contribution < -0.4 is 10.1 Å². The molecule has 4 rings (SSSR count). The minimum Gasteiger partial charge on any atom is -0.481 e. The molecule has 0 spiro atoms. The van der Waals surface area contributed by atoms with E-state index < -0.39 is 44.5 Å². The smallest absolute Gasteiger partial charge is 0.481 e. The fraction of sp³-hybridized carbons (Fsp3) is 0.152. The second-order valence-corrected chi connectivity index (χ2v) is 12.3. The lowest BCUT2D eigenvalue weighted by molar-refractivity contribution is -0.274. The Kier molecular flexibility index (Phi) is 9.90. The van der Waals surface area contributed by atoms with Gasteiger partial charge in [-0.05, 0) is 71.1 Å². The maximum absolute atomic E-state index is 14.4. The number of Topliss-reactive ketones (excluding diaryl/α,β-unsaturated/α-hetero) is 1. The SMILES string of the molecule is C=S(=O)(c1ccc(C(=O)NCCC(=O)O)cc1)C(CC(=O)c1ccc(OC(F)(F)F)cc1)c1ccc(-c2ccccc2)cc1. The molecule has 0 aliphatic carbocycles. The quantitative estimate of drug-likeness (QED) is 0.137. The van der Waals surface area contributed by atoms with E-state index >= 15 is 0 Å². The Morgan fingerprint density at radius 3 is 1.95 bits per heavy atom. The van der Waals surface area contributed by atoms with Crippen molar-refractivity contribution in [2.75, 3.05) is 6.54 Å². The van der Waals surface area contributed by atoms with Crippen LogP contribution >= 0.6 is 0 Å². The molecule has 2 N–H and O–H groups in total. The number of hydrogen-bond acceptors (Lipinski definition) is 5. The maximum Gasteiger partial charge on any atom is 0.573 e. The van der Waals surface area contributed by atoms with Crippen LogP contribution in [0.25, 0.3) is 11.1 Å². The largest absolute Gasteiger partial charge is 0.573 e. The van der Waals surface area contributed by atoms with Gasteiger partial charge in [0.2, 0.25) is 0 Å². The molecule has 11 heteroatoms. The summed E-state index contributed by atoms with van der Waals surface area (Å²) in [5, 5.41) is 10.3. The highest BCUT2D eigenvalue weighted by Crippen LogP contribution is 2.35. The van der Waals surface area contributed by atoms with Crippen molar-refractivity contribution in [1.82, 2.24) is 5.32 Å². The molecule has 2 unspecified atom stereocenters. The van der Waals surface area contributed by atoms with Gasteiger partial charge in [0.25, 0.3) is 5.91 Å². The monoisotopic (exact) mass is 623 g/mol. The number of aliphatic carboxylic acids is 1. The van der Waals surface area contributed by atoms with Gasteiger partial charge in [-0.25, -0.2) is 0 Å². The molecule has 0 aliphatic heterocycles. The molecule has 7 nitrogen and oxygen atoms in total. The van der Waals surface area contributed by atoms with E-state index in [2.05, 4.69) is 15.9 Å². The molecule has 0 saturated carbocycles. The first-order chi connectivity index (χ1) is 20.8. The number of ketones is 1. The highest BCUT2D eigenvalue weighted by molar-refractivity contribution is 8.00. The summed E-state index contributed by atoms with van der Waals surface area (Å²) in [6.45, 7) is -0.0610. The Labute approximate surface area is 252 Å². The van der Waals surface area contributed by atoms with Crippen LogP contribution in [0.15, 0.2) is 108 Å². The summed E-state index contributed by atoms with van der Waals surface area (Å²) in [6.07, 6.45) is -5.39. The first-order valence-electron chi connectivity index (χ1n) is 13.3. The first kappa shape index (κ1) is 32.0. The van der Waals surface area contributed by atoms with Gasteiger partial charge >= 0.3 is 12.3 Å². The third-order valence-corrected chi connectivity index (χ3v) is 9.20. The standard InChI is InChI=1S/C33H28F3NO6S/c1-44(42,28-17-13-26(14-18-28)32(41)37-20-19-31(39)40)30(25-9-7-23(8-10-25)22-5-3-2-4-6-22)21-29(38)24-11-15-27(16-12-24)43-33(34,35)36/h2-18,30H,1,19-21H2,(H,37,41)(H,39,40). The first-order valence-corrected chi connectivity index (χ1v) is 15.1. The zero-order chi connectivity index (χ0) is 31.9. The average Bonchev–Trinajstić information content (AvgIpc) is 2.99. The fourth-order valence-corrected chi connectivity index (χ4v) is 6.45. The molecule has 0 fully saturated rings. The third kappa shape index (κ3) is 8.35. The predicted octanol–water partition coefficient (Wildman–Crippen LogP) is 6.55. The van der Waals surface area contributed by atoms with Crippen LogP contribution in [0, 0.1) is 0 Å². The number of carbonyl (C=O) groups is 3. The Morgan fingerprint density at radius 2 is 1.39 bits per heavy atom. The molecule has 44 heavy (non-hydrogen) atoms. The normalized spacial score (nSPS) is 13.3. The number of ether oxygens (including phenoxy) is 1. The summed E-state index contributed by atoms with van der Waals surface area (Å²) < 4.78 is 56.0. The van der Waals surface area contributed by atoms with Gasteiger partial charge < -0.3 is 15.2 Å². The van der Waals surface area contributed by atoms with Gasteiger partial charge in [0.05, 0.1) is 11.7 Å². The molecule has 0 aromatic heterocycles. The molecule has 0 bridgehead atoms. The van der Waals surface area contributed by atoms with Crippen molar-refractivity contribution in [2.45, 2.75) is 29.3 Å². The lowest BCUT2D eigenvalue weighted by Crippen LogP contribution is -2.26. The molecule has 1 amide bonds. The third-order valence-electron chi connectivity index (χ3n) is 6.77. The fourth-order valence-electron chi connectivity index (χ4n) is 4.51. The lowest BCUT2D eigenvalue weighted by atomic mass is 9.99. The second kappa shape index (κ2) is 13.6. The maximum atomic E-state index is 14.4. The van der Waals surface area contributed by atoms with Gasteiger partial charge in [-0.2, -0.15) is 0 Å². The topological polar surface area (TPSA) is 110 Å². The Bertz CT molecular complexity index is 1720. The summed E-state index contributed by atoms with van der Waals surface area (Å²) in [4.78, 5) is 36.8. The number of rotatable bonds is 12. The number of halogens is 3. The van der Waals surface area contributed by atoms with Crippen molar-refractivity contribution in [2.24, 2.45) is 0 Å². The summed E-state index contributed by atoms with van der Waals surface area (Å²) in [5.41, 5.74) is 2.74. The summed E-state index contributed by atoms with van der Waals surface area (Å²) in [5.74, 6) is 1.50. The molecule has 0 heterocycles. The molecule has 0 aliphatic rings. The van der Waals surface area contributed by atoms with Crippen LogP contribution in [0.4, 0.5) is 13.2 Å². The molecule has 2 atom stereocenters. The van der Waals surface area contributed by atoms with Gasteiger partial charge in [0.1, 0.15) is 5.75 Å². The van der Waals surface area contributed by atoms with Crippen molar-refractivity contribution in [1.29, 1.82) is 0 Å². The van der Waals surface area contributed by atoms with Crippen LogP contribution in [0.3, 0.4) is 0 Å². The molecule has 4 aromatic rings. The van der Waals surface area contributed by atoms with Gasteiger partial charge in [0.15, 0.2) is 5.78 Å². The van der Waals surface area contributed by atoms with Gasteiger partial charge in [-0.3, -0.25) is 18.6 Å². The van der Waals surface area contributed by atoms with E-state index in [1.54, 1.807) is 12.1 Å². The van der Waals surface area contributed by atoms with E-state index in [4.69, 9.17) is 5.11 Å². The summed E-state index contributed by atoms with van der Waals surface area (Å²) in [7, 11) is -3.24. The lowest BCUT2D eigenvalue weighted by Gasteiger charge is -2.23. The van der Waals surface area contributed by atoms with Crippen LogP contribution in [0.1, 0.15) is 44.4 Å². The number of hydrogen-bond donors (Lipinski definition) is 2. The highest BCUT2D eigenvalue weighted by atomic mass is 32.2. The highest BCUT2D eigenvalue weighted by Gasteiger charge is 2.31. The number of amides is 1. The van der Waals surface area contributed by atoms with E-state index in [-0.39, 0.29) is 35.4 Å². The van der Waals surface area contributed by atoms with E-state index in [0.29, 0.717) is 5.56 Å². The zero-order valence-electron chi connectivity index (χ0n) is 23.3. The van der Waals surface area contributed by atoms with E-state index in [9.17, 15) is 31.8 Å². The minimum atomic E-state index is -4.88. The predicted molar refractivity (Wildman–Crippen MR) is 161 cm³/mol. The van der Waals surface area contributed by atoms with E-state index in [1.165, 1.54) is 36.4 Å². The summed E-state index contributed by atoms with van der Waals surface area (Å²) >= 11 is 0. The molecule has 0 radical (unpaired) electrons. The van der Waals surface area contributed by atoms with Crippen molar-refractivity contribution in [3.05, 3.63) is 120 Å². The minimum absolute atomic E-state index is 0.0610. The molecular formula is C33H28F3NO6S. The van der Waals surface area contributed by atoms with E-state index in [1.807, 2.05) is 42.5 Å². The number of carboxylic acid groups (broad SMARTS) is 1. The number of alkyl halides is 3. The Morgan fingerprint density at radius 1 is 0.818 bits per heavy atom. The Hall–Kier alpha value is -4.90. The molecule has 4 aromatic carbocycles. The number of benzene rings is 4. The van der Waals surface area contributed by atoms with Gasteiger partial charge in [0, 0.05) is 38.5 Å². The number of nitrogens with one attached hydrogen (secondary N) is 1. The van der Waals surface area contributed by atoms with Crippen LogP contribution in [-0.2, 0) is 14.3 Å². The van der Waals surface area contributed by atoms with Gasteiger partial charge in [-0.15, -0.1) is 13.2 Å². The van der Waals surface area contributed by atoms with Crippen molar-refractivity contribution >= 4 is 33.1 Å². The van der Waals surface area contributed by atoms with Crippen molar-refractivity contribution in [3.63, 3.8) is 0 Å². The van der Waals surface area contributed by atoms with Crippen molar-refractivity contribution < 1.29 is 41.6 Å². The molecule has 0 saturated heterocycles. The number of carbonyl (C=O) groups excluding carboxylic acids is 2. The average molecular weight is 624 g/mol. The zero-order valence-corrected chi connectivity index (χ0v) is 24.1. The second-order valence-electron chi connectivity index (χ2n) is 9.83.